The first-order valence-electron chi connectivity index (χ1n) is 6.65. The van der Waals surface area contributed by atoms with Gasteiger partial charge in [-0.3, -0.25) is 4.90 Å². The molecule has 17 heavy (non-hydrogen) atoms. The van der Waals surface area contributed by atoms with Crippen LogP contribution in [0.25, 0.3) is 0 Å². The number of hydrogen-bond donors (Lipinski definition) is 1. The predicted octanol–water partition coefficient (Wildman–Crippen LogP) is 3.77. The Labute approximate surface area is 114 Å². The quantitative estimate of drug-likeness (QED) is 0.816. The van der Waals surface area contributed by atoms with Gasteiger partial charge in [0.1, 0.15) is 0 Å². The maximum absolute atomic E-state index is 4.58. The van der Waals surface area contributed by atoms with E-state index < -0.39 is 0 Å². The first-order valence-corrected chi connectivity index (χ1v) is 8.16. The van der Waals surface area contributed by atoms with Gasteiger partial charge in [0.2, 0.25) is 0 Å². The average Bonchev–Trinajstić information content (AvgIpc) is 2.75. The van der Waals surface area contributed by atoms with Crippen molar-refractivity contribution in [3.63, 3.8) is 0 Å². The van der Waals surface area contributed by atoms with Crippen LogP contribution in [0.15, 0.2) is 11.4 Å². The molecule has 0 spiro atoms. The number of fused-ring (bicyclic) bond motifs is 1. The van der Waals surface area contributed by atoms with Gasteiger partial charge in [0.15, 0.2) is 0 Å². The monoisotopic (exact) mass is 267 g/mol. The van der Waals surface area contributed by atoms with Crippen LogP contribution in [0.4, 0.5) is 0 Å². The van der Waals surface area contributed by atoms with Crippen molar-refractivity contribution in [1.29, 1.82) is 0 Å². The minimum atomic E-state index is 0.533. The summed E-state index contributed by atoms with van der Waals surface area (Å²) >= 11 is 6.51. The van der Waals surface area contributed by atoms with Crippen molar-refractivity contribution in [3.8, 4) is 0 Å². The van der Waals surface area contributed by atoms with Crippen LogP contribution in [0.1, 0.15) is 42.7 Å². The third kappa shape index (κ3) is 2.06. The van der Waals surface area contributed by atoms with Crippen molar-refractivity contribution in [2.24, 2.45) is 5.41 Å². The minimum absolute atomic E-state index is 0.533. The van der Waals surface area contributed by atoms with E-state index in [2.05, 4.69) is 35.9 Å². The van der Waals surface area contributed by atoms with Gasteiger partial charge in [0.05, 0.1) is 0 Å². The second-order valence-electron chi connectivity index (χ2n) is 5.71. The van der Waals surface area contributed by atoms with Crippen molar-refractivity contribution in [2.45, 2.75) is 38.6 Å². The molecule has 1 aliphatic heterocycles. The van der Waals surface area contributed by atoms with Gasteiger partial charge in [-0.15, -0.1) is 11.3 Å². The summed E-state index contributed by atoms with van der Waals surface area (Å²) in [6, 6.07) is 2.94. The Kier molecular flexibility index (Phi) is 3.26. The van der Waals surface area contributed by atoms with Gasteiger partial charge in [0.25, 0.3) is 0 Å². The van der Waals surface area contributed by atoms with Crippen LogP contribution in [0.2, 0.25) is 0 Å². The lowest BCUT2D eigenvalue weighted by Crippen LogP contribution is -2.46. The molecule has 1 nitrogen and oxygen atoms in total. The van der Waals surface area contributed by atoms with Crippen molar-refractivity contribution in [3.05, 3.63) is 21.9 Å². The third-order valence-electron chi connectivity index (χ3n) is 4.69. The molecule has 2 aliphatic rings. The molecule has 0 saturated heterocycles. The molecule has 3 rings (SSSR count). The molecule has 1 unspecified atom stereocenters. The highest BCUT2D eigenvalue weighted by molar-refractivity contribution is 7.80. The predicted molar refractivity (Wildman–Crippen MR) is 78.1 cm³/mol. The first-order chi connectivity index (χ1) is 8.24. The highest BCUT2D eigenvalue weighted by atomic mass is 32.1. The molecule has 1 aromatic heterocycles. The molecule has 0 N–H and O–H groups in total. The van der Waals surface area contributed by atoms with Crippen LogP contribution in [0.5, 0.6) is 0 Å². The molecular formula is C14H21NS2. The molecular weight excluding hydrogens is 246 g/mol. The summed E-state index contributed by atoms with van der Waals surface area (Å²) in [5, 5.41) is 2.25. The van der Waals surface area contributed by atoms with Crippen molar-refractivity contribution in [2.75, 3.05) is 18.8 Å². The summed E-state index contributed by atoms with van der Waals surface area (Å²) < 4.78 is 0. The molecule has 2 heterocycles. The van der Waals surface area contributed by atoms with E-state index in [0.29, 0.717) is 11.5 Å². The Morgan fingerprint density at radius 2 is 2.35 bits per heavy atom. The summed E-state index contributed by atoms with van der Waals surface area (Å²) in [5.74, 6) is 1.06. The molecule has 1 aliphatic carbocycles. The van der Waals surface area contributed by atoms with Crippen LogP contribution >= 0.6 is 24.0 Å². The molecule has 1 fully saturated rings. The Morgan fingerprint density at radius 1 is 1.53 bits per heavy atom. The van der Waals surface area contributed by atoms with Gasteiger partial charge in [-0.25, -0.2) is 0 Å². The molecule has 3 heteroatoms. The molecule has 94 valence electrons. The van der Waals surface area contributed by atoms with Crippen LogP contribution in [-0.2, 0) is 6.42 Å². The van der Waals surface area contributed by atoms with E-state index in [9.17, 15) is 0 Å². The lowest BCUT2D eigenvalue weighted by Gasteiger charge is -2.47. The molecule has 1 atom stereocenters. The van der Waals surface area contributed by atoms with Crippen LogP contribution in [0.3, 0.4) is 0 Å². The van der Waals surface area contributed by atoms with E-state index in [4.69, 9.17) is 0 Å². The molecule has 0 radical (unpaired) electrons. The fraction of sp³-hybridized carbons (Fsp3) is 0.714. The van der Waals surface area contributed by atoms with Gasteiger partial charge in [-0.05, 0) is 54.4 Å². The van der Waals surface area contributed by atoms with Gasteiger partial charge in [-0.2, -0.15) is 12.6 Å². The van der Waals surface area contributed by atoms with Gasteiger partial charge in [0, 0.05) is 24.0 Å². The van der Waals surface area contributed by atoms with Gasteiger partial charge < -0.3 is 0 Å². The summed E-state index contributed by atoms with van der Waals surface area (Å²) in [6.07, 6.45) is 5.43. The Balaban J connectivity index is 1.73. The van der Waals surface area contributed by atoms with E-state index in [-0.39, 0.29) is 0 Å². The number of thiol groups is 1. The summed E-state index contributed by atoms with van der Waals surface area (Å²) in [4.78, 5) is 4.30. The van der Waals surface area contributed by atoms with Crippen molar-refractivity contribution < 1.29 is 0 Å². The number of rotatable bonds is 3. The lowest BCUT2D eigenvalue weighted by molar-refractivity contribution is 0.0643. The maximum Gasteiger partial charge on any atom is 0.0331 e. The zero-order chi connectivity index (χ0) is 11.9. The maximum atomic E-state index is 4.58. The van der Waals surface area contributed by atoms with E-state index in [1.54, 1.807) is 10.4 Å². The van der Waals surface area contributed by atoms with E-state index in [0.717, 1.165) is 5.75 Å². The Bertz CT molecular complexity index is 389. The molecule has 1 saturated carbocycles. The number of thiophene rings is 1. The van der Waals surface area contributed by atoms with Gasteiger partial charge >= 0.3 is 0 Å². The van der Waals surface area contributed by atoms with Crippen molar-refractivity contribution in [1.82, 2.24) is 4.90 Å². The highest BCUT2D eigenvalue weighted by Crippen LogP contribution is 2.44. The second kappa shape index (κ2) is 4.60. The third-order valence-corrected chi connectivity index (χ3v) is 6.36. The normalized spacial score (nSPS) is 27.5. The van der Waals surface area contributed by atoms with Crippen LogP contribution < -0.4 is 0 Å². The largest absolute Gasteiger partial charge is 0.296 e. The number of hydrogen-bond acceptors (Lipinski definition) is 3. The molecule has 0 aromatic carbocycles. The van der Waals surface area contributed by atoms with Crippen LogP contribution in [-0.4, -0.2) is 23.7 Å². The summed E-state index contributed by atoms with van der Waals surface area (Å²) in [6.45, 7) is 4.87. The van der Waals surface area contributed by atoms with Crippen LogP contribution in [0, 0.1) is 5.41 Å². The second-order valence-corrected chi connectivity index (χ2v) is 7.02. The van der Waals surface area contributed by atoms with Gasteiger partial charge in [-0.1, -0.05) is 6.42 Å². The Morgan fingerprint density at radius 3 is 3.00 bits per heavy atom. The van der Waals surface area contributed by atoms with E-state index in [1.807, 2.05) is 11.3 Å². The summed E-state index contributed by atoms with van der Waals surface area (Å²) in [5.41, 5.74) is 2.11. The topological polar surface area (TPSA) is 3.24 Å². The Hall–Kier alpha value is 0.01000. The standard InChI is InChI=1S/C14H21NS2/c1-11-12-4-8-17-13(12)3-7-15(11)9-14(10-16)5-2-6-14/h4,8,11,16H,2-3,5-7,9-10H2,1H3. The SMILES string of the molecule is CC1c2ccsc2CCN1CC1(CS)CCC1. The molecule has 1 aromatic rings. The van der Waals surface area contributed by atoms with E-state index >= 15 is 0 Å². The minimum Gasteiger partial charge on any atom is -0.296 e. The zero-order valence-corrected chi connectivity index (χ0v) is 12.2. The highest BCUT2D eigenvalue weighted by Gasteiger charge is 2.39. The lowest BCUT2D eigenvalue weighted by atomic mass is 9.69. The fourth-order valence-corrected chi connectivity index (χ4v) is 4.63. The first kappa shape index (κ1) is 12.1. The summed E-state index contributed by atoms with van der Waals surface area (Å²) in [7, 11) is 0. The molecule has 0 bridgehead atoms. The average molecular weight is 267 g/mol. The van der Waals surface area contributed by atoms with Crippen molar-refractivity contribution >= 4 is 24.0 Å². The fourth-order valence-electron chi connectivity index (χ4n) is 3.25. The number of nitrogens with zero attached hydrogens (tertiary/aromatic N) is 1. The molecule has 0 amide bonds. The van der Waals surface area contributed by atoms with E-state index in [1.165, 1.54) is 38.8 Å². The zero-order valence-electron chi connectivity index (χ0n) is 10.5. The smallest absolute Gasteiger partial charge is 0.0331 e.